The molecule has 9 heteroatoms. The van der Waals surface area contributed by atoms with E-state index in [4.69, 9.17) is 14.2 Å². The monoisotopic (exact) mass is 446 g/mol. The van der Waals surface area contributed by atoms with Gasteiger partial charge in [-0.15, -0.1) is 10.2 Å². The summed E-state index contributed by atoms with van der Waals surface area (Å²) in [6.07, 6.45) is 6.57. The number of methoxy groups -OCH3 is 3. The van der Waals surface area contributed by atoms with E-state index in [-0.39, 0.29) is 11.3 Å². The Morgan fingerprint density at radius 3 is 2.18 bits per heavy atom. The topological polar surface area (TPSA) is 95.8 Å². The molecule has 0 atom stereocenters. The molecule has 0 spiro atoms. The Labute approximate surface area is 190 Å². The lowest BCUT2D eigenvalue weighted by Crippen LogP contribution is -2.27. The number of hydrogen-bond donors (Lipinski definition) is 0. The molecule has 0 fully saturated rings. The van der Waals surface area contributed by atoms with E-state index in [1.807, 2.05) is 43.3 Å². The number of allylic oxidation sites excluding steroid dienone is 2. The van der Waals surface area contributed by atoms with E-state index in [1.54, 1.807) is 30.4 Å². The molecular weight excluding hydrogens is 424 g/mol. The first-order valence-electron chi connectivity index (χ1n) is 10.0. The van der Waals surface area contributed by atoms with Crippen molar-refractivity contribution in [2.24, 2.45) is 0 Å². The van der Waals surface area contributed by atoms with E-state index >= 15 is 0 Å². The van der Waals surface area contributed by atoms with Crippen molar-refractivity contribution >= 4 is 28.7 Å². The van der Waals surface area contributed by atoms with Crippen molar-refractivity contribution in [1.29, 1.82) is 0 Å². The minimum atomic E-state index is -0.673. The maximum atomic E-state index is 12.7. The first-order valence-corrected chi connectivity index (χ1v) is 10.0. The van der Waals surface area contributed by atoms with Crippen LogP contribution in [0.3, 0.4) is 0 Å². The lowest BCUT2D eigenvalue weighted by Gasteiger charge is -2.24. The molecule has 3 aromatic rings. The normalized spacial score (nSPS) is 13.3. The van der Waals surface area contributed by atoms with E-state index in [9.17, 15) is 9.59 Å². The Morgan fingerprint density at radius 2 is 1.55 bits per heavy atom. The predicted molar refractivity (Wildman–Crippen MR) is 122 cm³/mol. The molecule has 9 nitrogen and oxygen atoms in total. The zero-order chi connectivity index (χ0) is 23.5. The molecule has 0 saturated heterocycles. The molecule has 168 valence electrons. The summed E-state index contributed by atoms with van der Waals surface area (Å²) in [5.74, 6) is -0.587. The average Bonchev–Trinajstić information content (AvgIpc) is 3.12. The Balaban J connectivity index is 1.84. The molecular formula is C24H22N4O5. The second-order valence-corrected chi connectivity index (χ2v) is 7.13. The number of ether oxygens (including phenoxy) is 3. The van der Waals surface area contributed by atoms with Gasteiger partial charge in [0.2, 0.25) is 0 Å². The number of aryl methyl sites for hydroxylation is 1. The third-order valence-electron chi connectivity index (χ3n) is 5.15. The van der Waals surface area contributed by atoms with Crippen LogP contribution >= 0.6 is 0 Å². The first kappa shape index (κ1) is 21.8. The standard InChI is InChI=1S/C24H22N4O5/c1-15-13-19-20(26-28(25-19)16-8-10-17(31-2)11-9-16)14-21(15)27-12-6-5-7-18(23(29)32-3)22(27)24(30)33-4/h5-14H,1-4H3. The van der Waals surface area contributed by atoms with Gasteiger partial charge in [-0.05, 0) is 61.0 Å². The maximum absolute atomic E-state index is 12.7. The molecule has 2 aromatic carbocycles. The number of benzene rings is 2. The number of carbonyl (C=O) groups is 2. The first-order chi connectivity index (χ1) is 16.0. The minimum absolute atomic E-state index is 0.0411. The third-order valence-corrected chi connectivity index (χ3v) is 5.15. The van der Waals surface area contributed by atoms with Gasteiger partial charge in [-0.25, -0.2) is 9.59 Å². The van der Waals surface area contributed by atoms with Crippen LogP contribution in [0.15, 0.2) is 72.1 Å². The number of nitrogens with zero attached hydrogens (tertiary/aromatic N) is 4. The van der Waals surface area contributed by atoms with Gasteiger partial charge < -0.3 is 19.1 Å². The molecule has 0 bridgehead atoms. The van der Waals surface area contributed by atoms with Crippen LogP contribution in [0.2, 0.25) is 0 Å². The predicted octanol–water partition coefficient (Wildman–Crippen LogP) is 3.23. The van der Waals surface area contributed by atoms with Crippen LogP contribution < -0.4 is 9.64 Å². The van der Waals surface area contributed by atoms with Gasteiger partial charge >= 0.3 is 11.9 Å². The fraction of sp³-hybridized carbons (Fsp3) is 0.167. The van der Waals surface area contributed by atoms with Gasteiger partial charge in [0.1, 0.15) is 22.5 Å². The fourth-order valence-corrected chi connectivity index (χ4v) is 3.50. The number of aromatic nitrogens is 3. The minimum Gasteiger partial charge on any atom is -0.497 e. The summed E-state index contributed by atoms with van der Waals surface area (Å²) < 4.78 is 15.1. The molecule has 33 heavy (non-hydrogen) atoms. The Morgan fingerprint density at radius 1 is 0.879 bits per heavy atom. The Hall–Kier alpha value is -4.40. The van der Waals surface area contributed by atoms with Crippen LogP contribution in [0.25, 0.3) is 16.7 Å². The van der Waals surface area contributed by atoms with Crippen molar-refractivity contribution in [3.05, 3.63) is 77.7 Å². The average molecular weight is 446 g/mol. The van der Waals surface area contributed by atoms with E-state index in [1.165, 1.54) is 25.1 Å². The second kappa shape index (κ2) is 8.99. The van der Waals surface area contributed by atoms with Crippen LogP contribution in [0.5, 0.6) is 5.75 Å². The summed E-state index contributed by atoms with van der Waals surface area (Å²) in [5.41, 5.74) is 3.65. The number of carbonyl (C=O) groups excluding carboxylic acids is 2. The van der Waals surface area contributed by atoms with E-state index in [0.717, 1.165) is 17.0 Å². The third kappa shape index (κ3) is 4.08. The van der Waals surface area contributed by atoms with E-state index in [2.05, 4.69) is 10.2 Å². The summed E-state index contributed by atoms with van der Waals surface area (Å²) in [6, 6.07) is 11.1. The molecule has 0 radical (unpaired) electrons. The summed E-state index contributed by atoms with van der Waals surface area (Å²) >= 11 is 0. The number of hydrogen-bond acceptors (Lipinski definition) is 8. The van der Waals surface area contributed by atoms with E-state index < -0.39 is 11.9 Å². The van der Waals surface area contributed by atoms with Gasteiger partial charge in [0.25, 0.3) is 0 Å². The van der Waals surface area contributed by atoms with Crippen LogP contribution in [-0.4, -0.2) is 48.3 Å². The molecule has 1 aromatic heterocycles. The maximum Gasteiger partial charge on any atom is 0.355 e. The highest BCUT2D eigenvalue weighted by atomic mass is 16.5. The number of rotatable bonds is 5. The van der Waals surface area contributed by atoms with Gasteiger partial charge in [0, 0.05) is 6.20 Å². The summed E-state index contributed by atoms with van der Waals surface area (Å²) in [5, 5.41) is 9.16. The molecule has 2 heterocycles. The number of anilines is 1. The zero-order valence-corrected chi connectivity index (χ0v) is 18.6. The quantitative estimate of drug-likeness (QED) is 0.552. The molecule has 4 rings (SSSR count). The SMILES string of the molecule is COC(=O)C1=C(C(=O)OC)N(c2cc3nn(-c4ccc(OC)cc4)nc3cc2C)C=CC=C1. The second-order valence-electron chi connectivity index (χ2n) is 7.13. The molecule has 1 aliphatic rings. The highest BCUT2D eigenvalue weighted by Crippen LogP contribution is 2.31. The molecule has 0 amide bonds. The molecule has 0 unspecified atom stereocenters. The lowest BCUT2D eigenvalue weighted by atomic mass is 10.1. The van der Waals surface area contributed by atoms with Crippen molar-refractivity contribution in [1.82, 2.24) is 15.0 Å². The summed E-state index contributed by atoms with van der Waals surface area (Å²) in [6.45, 7) is 1.89. The molecule has 0 N–H and O–H groups in total. The van der Waals surface area contributed by atoms with Crippen molar-refractivity contribution in [3.63, 3.8) is 0 Å². The summed E-state index contributed by atoms with van der Waals surface area (Å²) in [7, 11) is 4.13. The summed E-state index contributed by atoms with van der Waals surface area (Å²) in [4.78, 5) is 28.2. The Kier molecular flexibility index (Phi) is 5.95. The van der Waals surface area contributed by atoms with Crippen molar-refractivity contribution in [2.75, 3.05) is 26.2 Å². The molecule has 1 aliphatic heterocycles. The van der Waals surface area contributed by atoms with E-state index in [0.29, 0.717) is 16.7 Å². The van der Waals surface area contributed by atoms with Gasteiger partial charge in [0.05, 0.1) is 38.3 Å². The number of fused-ring (bicyclic) bond motifs is 1. The fourth-order valence-electron chi connectivity index (χ4n) is 3.50. The number of esters is 2. The smallest absolute Gasteiger partial charge is 0.355 e. The van der Waals surface area contributed by atoms with Gasteiger partial charge in [-0.2, -0.15) is 4.80 Å². The van der Waals surface area contributed by atoms with Crippen LogP contribution in [-0.2, 0) is 19.1 Å². The van der Waals surface area contributed by atoms with Crippen LogP contribution in [0.4, 0.5) is 5.69 Å². The lowest BCUT2D eigenvalue weighted by molar-refractivity contribution is -0.139. The van der Waals surface area contributed by atoms with Gasteiger partial charge in [-0.1, -0.05) is 6.08 Å². The van der Waals surface area contributed by atoms with Gasteiger partial charge in [0.15, 0.2) is 0 Å². The van der Waals surface area contributed by atoms with Crippen molar-refractivity contribution in [3.8, 4) is 11.4 Å². The van der Waals surface area contributed by atoms with Gasteiger partial charge in [-0.3, -0.25) is 0 Å². The van der Waals surface area contributed by atoms with Crippen LogP contribution in [0, 0.1) is 6.92 Å². The zero-order valence-electron chi connectivity index (χ0n) is 18.6. The van der Waals surface area contributed by atoms with Crippen LogP contribution in [0.1, 0.15) is 5.56 Å². The van der Waals surface area contributed by atoms with Crippen molar-refractivity contribution < 1.29 is 23.8 Å². The molecule has 0 saturated carbocycles. The molecule has 0 aliphatic carbocycles. The highest BCUT2D eigenvalue weighted by molar-refractivity contribution is 6.05. The highest BCUT2D eigenvalue weighted by Gasteiger charge is 2.28. The largest absolute Gasteiger partial charge is 0.497 e. The Bertz CT molecular complexity index is 1320. The van der Waals surface area contributed by atoms with Crippen molar-refractivity contribution in [2.45, 2.75) is 6.92 Å².